The van der Waals surface area contributed by atoms with Crippen LogP contribution in [-0.2, 0) is 6.42 Å². The van der Waals surface area contributed by atoms with E-state index in [1.54, 1.807) is 0 Å². The standard InChI is InChI=1S/C20H26N4O2S/c1-20(2)9-16(22-18(26)13-5-8-27-12-13)15-11-21-19(23-17(15)10-20)24-6-3-14(25)4-7-24/h5,8,11-12,14,16,25H,3-4,6-7,9-10H2,1-2H3,(H,22,26). The van der Waals surface area contributed by atoms with Crippen LogP contribution in [0.4, 0.5) is 5.95 Å². The van der Waals surface area contributed by atoms with Crippen molar-refractivity contribution in [3.63, 3.8) is 0 Å². The van der Waals surface area contributed by atoms with Crippen LogP contribution >= 0.6 is 11.3 Å². The number of hydrogen-bond acceptors (Lipinski definition) is 6. The van der Waals surface area contributed by atoms with E-state index in [-0.39, 0.29) is 23.5 Å². The Morgan fingerprint density at radius 3 is 2.85 bits per heavy atom. The van der Waals surface area contributed by atoms with Gasteiger partial charge < -0.3 is 15.3 Å². The van der Waals surface area contributed by atoms with Gasteiger partial charge in [0.1, 0.15) is 0 Å². The summed E-state index contributed by atoms with van der Waals surface area (Å²) in [6.07, 6.45) is 4.93. The number of piperidine rings is 1. The molecule has 2 aromatic rings. The number of rotatable bonds is 3. The topological polar surface area (TPSA) is 78.3 Å². The van der Waals surface area contributed by atoms with Crippen molar-refractivity contribution in [2.24, 2.45) is 5.41 Å². The quantitative estimate of drug-likeness (QED) is 0.848. The molecule has 144 valence electrons. The molecule has 1 aliphatic carbocycles. The lowest BCUT2D eigenvalue weighted by atomic mass is 9.74. The van der Waals surface area contributed by atoms with E-state index in [0.29, 0.717) is 5.56 Å². The molecule has 1 unspecified atom stereocenters. The number of nitrogens with zero attached hydrogens (tertiary/aromatic N) is 3. The highest BCUT2D eigenvalue weighted by Gasteiger charge is 2.35. The molecule has 0 aromatic carbocycles. The summed E-state index contributed by atoms with van der Waals surface area (Å²) in [7, 11) is 0. The number of carbonyl (C=O) groups is 1. The third kappa shape index (κ3) is 3.99. The fourth-order valence-corrected chi connectivity index (χ4v) is 4.65. The molecule has 27 heavy (non-hydrogen) atoms. The number of thiophene rings is 1. The zero-order valence-corrected chi connectivity index (χ0v) is 16.6. The molecule has 1 amide bonds. The highest BCUT2D eigenvalue weighted by atomic mass is 32.1. The largest absolute Gasteiger partial charge is 0.393 e. The van der Waals surface area contributed by atoms with Gasteiger partial charge in [-0.25, -0.2) is 9.97 Å². The number of aromatic nitrogens is 2. The minimum atomic E-state index is -0.213. The first-order chi connectivity index (χ1) is 12.9. The minimum Gasteiger partial charge on any atom is -0.393 e. The molecule has 3 heterocycles. The second-order valence-electron chi connectivity index (χ2n) is 8.37. The van der Waals surface area contributed by atoms with Crippen molar-refractivity contribution in [2.45, 2.75) is 51.7 Å². The Balaban J connectivity index is 1.58. The van der Waals surface area contributed by atoms with Crippen LogP contribution in [0.2, 0.25) is 0 Å². The van der Waals surface area contributed by atoms with Gasteiger partial charge in [-0.1, -0.05) is 13.8 Å². The molecule has 2 aliphatic rings. The molecule has 4 rings (SSSR count). The third-order valence-corrected chi connectivity index (χ3v) is 6.18. The average Bonchev–Trinajstić information content (AvgIpc) is 3.15. The number of fused-ring (bicyclic) bond motifs is 1. The molecule has 0 bridgehead atoms. The lowest BCUT2D eigenvalue weighted by Crippen LogP contribution is -2.39. The van der Waals surface area contributed by atoms with Crippen LogP contribution in [0.25, 0.3) is 0 Å². The van der Waals surface area contributed by atoms with Crippen LogP contribution in [0.15, 0.2) is 23.0 Å². The maximum Gasteiger partial charge on any atom is 0.252 e. The lowest BCUT2D eigenvalue weighted by molar-refractivity contribution is 0.0919. The average molecular weight is 387 g/mol. The Hall–Kier alpha value is -1.99. The molecule has 6 nitrogen and oxygen atoms in total. The molecular formula is C20H26N4O2S. The summed E-state index contributed by atoms with van der Waals surface area (Å²) in [5.41, 5.74) is 2.81. The second-order valence-corrected chi connectivity index (χ2v) is 9.15. The SMILES string of the molecule is CC1(C)Cc2nc(N3CCC(O)CC3)ncc2C(NC(=O)c2ccsc2)C1. The van der Waals surface area contributed by atoms with E-state index in [1.165, 1.54) is 11.3 Å². The van der Waals surface area contributed by atoms with Crippen LogP contribution in [-0.4, -0.2) is 40.2 Å². The van der Waals surface area contributed by atoms with Gasteiger partial charge in [-0.05, 0) is 42.5 Å². The van der Waals surface area contributed by atoms with E-state index >= 15 is 0 Å². The molecular weight excluding hydrogens is 360 g/mol. The summed E-state index contributed by atoms with van der Waals surface area (Å²) in [5, 5.41) is 16.7. The number of hydrogen-bond donors (Lipinski definition) is 2. The Kier molecular flexibility index (Phi) is 4.90. The number of anilines is 1. The summed E-state index contributed by atoms with van der Waals surface area (Å²) >= 11 is 1.52. The molecule has 1 aliphatic heterocycles. The third-order valence-electron chi connectivity index (χ3n) is 5.50. The van der Waals surface area contributed by atoms with E-state index in [9.17, 15) is 9.90 Å². The summed E-state index contributed by atoms with van der Waals surface area (Å²) in [4.78, 5) is 24.2. The molecule has 7 heteroatoms. The number of carbonyl (C=O) groups excluding carboxylic acids is 1. The number of nitrogens with one attached hydrogen (secondary N) is 1. The van der Waals surface area contributed by atoms with Crippen LogP contribution in [0.5, 0.6) is 0 Å². The molecule has 2 aromatic heterocycles. The van der Waals surface area contributed by atoms with Gasteiger partial charge >= 0.3 is 0 Å². The number of amides is 1. The monoisotopic (exact) mass is 386 g/mol. The van der Waals surface area contributed by atoms with Crippen molar-refractivity contribution in [1.82, 2.24) is 15.3 Å². The van der Waals surface area contributed by atoms with Gasteiger partial charge in [-0.2, -0.15) is 11.3 Å². The highest BCUT2D eigenvalue weighted by molar-refractivity contribution is 7.08. The Bertz CT molecular complexity index is 813. The highest BCUT2D eigenvalue weighted by Crippen LogP contribution is 2.40. The fourth-order valence-electron chi connectivity index (χ4n) is 4.02. The maximum absolute atomic E-state index is 12.6. The van der Waals surface area contributed by atoms with Gasteiger partial charge in [0.2, 0.25) is 5.95 Å². The molecule has 0 radical (unpaired) electrons. The molecule has 1 saturated heterocycles. The zero-order valence-electron chi connectivity index (χ0n) is 15.8. The van der Waals surface area contributed by atoms with Gasteiger partial charge in [-0.15, -0.1) is 0 Å². The maximum atomic E-state index is 12.6. The van der Waals surface area contributed by atoms with Crippen molar-refractivity contribution in [3.8, 4) is 0 Å². The van der Waals surface area contributed by atoms with Crippen molar-refractivity contribution < 1.29 is 9.90 Å². The summed E-state index contributed by atoms with van der Waals surface area (Å²) in [5.74, 6) is 0.695. The normalized spacial score (nSPS) is 22.3. The summed E-state index contributed by atoms with van der Waals surface area (Å²) in [6.45, 7) is 6.00. The van der Waals surface area contributed by atoms with Crippen molar-refractivity contribution in [3.05, 3.63) is 39.8 Å². The first-order valence-corrected chi connectivity index (χ1v) is 10.5. The predicted octanol–water partition coefficient (Wildman–Crippen LogP) is 2.94. The van der Waals surface area contributed by atoms with Gasteiger partial charge in [0.05, 0.1) is 23.4 Å². The number of aliphatic hydroxyl groups excluding tert-OH is 1. The summed E-state index contributed by atoms with van der Waals surface area (Å²) in [6, 6.07) is 1.77. The van der Waals surface area contributed by atoms with Crippen LogP contribution < -0.4 is 10.2 Å². The minimum absolute atomic E-state index is 0.0426. The molecule has 1 atom stereocenters. The van der Waals surface area contributed by atoms with Crippen molar-refractivity contribution in [1.29, 1.82) is 0 Å². The number of aliphatic hydroxyl groups is 1. The van der Waals surface area contributed by atoms with Crippen molar-refractivity contribution >= 4 is 23.2 Å². The van der Waals surface area contributed by atoms with E-state index in [4.69, 9.17) is 4.98 Å². The van der Waals surface area contributed by atoms with Gasteiger partial charge in [0.25, 0.3) is 5.91 Å². The zero-order chi connectivity index (χ0) is 19.0. The molecule has 0 saturated carbocycles. The molecule has 0 spiro atoms. The van der Waals surface area contributed by atoms with E-state index < -0.39 is 0 Å². The summed E-state index contributed by atoms with van der Waals surface area (Å²) < 4.78 is 0. The molecule has 1 fully saturated rings. The van der Waals surface area contributed by atoms with Gasteiger partial charge in [0.15, 0.2) is 0 Å². The van der Waals surface area contributed by atoms with Gasteiger partial charge in [-0.3, -0.25) is 4.79 Å². The van der Waals surface area contributed by atoms with Crippen LogP contribution in [0, 0.1) is 5.41 Å². The first-order valence-electron chi connectivity index (χ1n) is 9.53. The Labute approximate surface area is 163 Å². The second kappa shape index (κ2) is 7.20. The Morgan fingerprint density at radius 1 is 1.37 bits per heavy atom. The lowest BCUT2D eigenvalue weighted by Gasteiger charge is -2.37. The van der Waals surface area contributed by atoms with Gasteiger partial charge in [0, 0.05) is 30.2 Å². The molecule has 2 N–H and O–H groups in total. The Morgan fingerprint density at radius 2 is 2.15 bits per heavy atom. The first kappa shape index (κ1) is 18.4. The van der Waals surface area contributed by atoms with Crippen LogP contribution in [0.3, 0.4) is 0 Å². The van der Waals surface area contributed by atoms with E-state index in [2.05, 4.69) is 29.0 Å². The van der Waals surface area contributed by atoms with E-state index in [0.717, 1.165) is 56.0 Å². The van der Waals surface area contributed by atoms with E-state index in [1.807, 2.05) is 23.0 Å². The predicted molar refractivity (Wildman–Crippen MR) is 106 cm³/mol. The smallest absolute Gasteiger partial charge is 0.252 e. The van der Waals surface area contributed by atoms with Crippen molar-refractivity contribution in [2.75, 3.05) is 18.0 Å². The fraction of sp³-hybridized carbons (Fsp3) is 0.550. The van der Waals surface area contributed by atoms with Crippen LogP contribution in [0.1, 0.15) is 60.8 Å².